The predicted octanol–water partition coefficient (Wildman–Crippen LogP) is 6.03. The van der Waals surface area contributed by atoms with Crippen LogP contribution in [0.15, 0.2) is 91.0 Å². The van der Waals surface area contributed by atoms with Gasteiger partial charge in [0.25, 0.3) is 0 Å². The number of hydrogen-bond acceptors (Lipinski definition) is 2. The first-order valence-electron chi connectivity index (χ1n) is 9.44. The van der Waals surface area contributed by atoms with Crippen LogP contribution in [0.3, 0.4) is 0 Å². The second kappa shape index (κ2) is 7.12. The van der Waals surface area contributed by atoms with Gasteiger partial charge in [-0.25, -0.2) is 0 Å². The lowest BCUT2D eigenvalue weighted by Crippen LogP contribution is -2.03. The molecule has 5 rings (SSSR count). The Morgan fingerprint density at radius 3 is 1.86 bits per heavy atom. The van der Waals surface area contributed by atoms with Gasteiger partial charge in [0, 0.05) is 16.7 Å². The fraction of sp³-hybridized carbons (Fsp3) is 0.0400. The van der Waals surface area contributed by atoms with Gasteiger partial charge in [0.05, 0.1) is 5.69 Å². The Bertz CT molecular complexity index is 1110. The van der Waals surface area contributed by atoms with Gasteiger partial charge in [-0.3, -0.25) is 4.57 Å². The number of aromatic nitrogens is 3. The van der Waals surface area contributed by atoms with Crippen LogP contribution in [0.1, 0.15) is 17.5 Å². The van der Waals surface area contributed by atoms with E-state index in [1.54, 1.807) is 0 Å². The maximum absolute atomic E-state index is 4.58. The maximum atomic E-state index is 4.58. The lowest BCUT2D eigenvalue weighted by molar-refractivity contribution is 1.07. The smallest absolute Gasteiger partial charge is 0.168 e. The van der Waals surface area contributed by atoms with Gasteiger partial charge in [0.2, 0.25) is 0 Å². The lowest BCUT2D eigenvalue weighted by atomic mass is 10.0. The van der Waals surface area contributed by atoms with E-state index in [1.807, 2.05) is 36.4 Å². The average Bonchev–Trinajstić information content (AvgIpc) is 3.05. The van der Waals surface area contributed by atoms with Crippen LogP contribution in [0.4, 0.5) is 0 Å². The van der Waals surface area contributed by atoms with Gasteiger partial charge < -0.3 is 0 Å². The number of benzene rings is 3. The largest absolute Gasteiger partial charge is 0.274 e. The zero-order valence-electron chi connectivity index (χ0n) is 15.4. The summed E-state index contributed by atoms with van der Waals surface area (Å²) in [6.07, 6.45) is 9.71. The Labute approximate surface area is 164 Å². The SMILES string of the molecule is C1=Cc2cccc(-n3c(-c4ccccc4)nnc3-c3ccccc3)c2C=CC1. The van der Waals surface area contributed by atoms with E-state index in [9.17, 15) is 0 Å². The normalized spacial score (nSPS) is 12.6. The fourth-order valence-corrected chi connectivity index (χ4v) is 3.61. The monoisotopic (exact) mass is 361 g/mol. The number of rotatable bonds is 3. The molecule has 0 bridgehead atoms. The summed E-state index contributed by atoms with van der Waals surface area (Å²) in [5.41, 5.74) is 5.57. The molecular formula is C25H19N3. The van der Waals surface area contributed by atoms with Crippen molar-refractivity contribution in [3.8, 4) is 28.5 Å². The number of fused-ring (bicyclic) bond motifs is 1. The van der Waals surface area contributed by atoms with Gasteiger partial charge in [-0.2, -0.15) is 0 Å². The maximum Gasteiger partial charge on any atom is 0.168 e. The molecule has 0 fully saturated rings. The molecule has 1 aliphatic rings. The third-order valence-corrected chi connectivity index (χ3v) is 4.94. The zero-order valence-corrected chi connectivity index (χ0v) is 15.4. The van der Waals surface area contributed by atoms with Gasteiger partial charge in [-0.15, -0.1) is 10.2 Å². The summed E-state index contributed by atoms with van der Waals surface area (Å²) in [6.45, 7) is 0. The van der Waals surface area contributed by atoms with Crippen molar-refractivity contribution >= 4 is 12.2 Å². The second-order valence-corrected chi connectivity index (χ2v) is 6.74. The number of nitrogens with zero attached hydrogens (tertiary/aromatic N) is 3. The highest BCUT2D eigenvalue weighted by atomic mass is 15.3. The first kappa shape index (κ1) is 16.5. The van der Waals surface area contributed by atoms with E-state index in [0.29, 0.717) is 0 Å². The van der Waals surface area contributed by atoms with Crippen molar-refractivity contribution < 1.29 is 0 Å². The van der Waals surface area contributed by atoms with Crippen molar-refractivity contribution in [3.05, 3.63) is 102 Å². The standard InChI is InChI=1S/C25H19N3/c1-5-12-20(13-6-1)24-26-27-25(21-14-7-2-8-15-21)28(24)23-18-10-16-19-11-4-3-9-17-22(19)23/h1-2,4-18H,3H2. The van der Waals surface area contributed by atoms with Crippen molar-refractivity contribution in [1.82, 2.24) is 14.8 Å². The Balaban J connectivity index is 1.82. The Hall–Kier alpha value is -3.72. The molecule has 0 unspecified atom stereocenters. The highest BCUT2D eigenvalue weighted by Gasteiger charge is 2.19. The highest BCUT2D eigenvalue weighted by molar-refractivity contribution is 5.77. The van der Waals surface area contributed by atoms with Gasteiger partial charge >= 0.3 is 0 Å². The van der Waals surface area contributed by atoms with Gasteiger partial charge in [0.1, 0.15) is 0 Å². The molecule has 0 saturated heterocycles. The molecule has 3 aromatic carbocycles. The van der Waals surface area contributed by atoms with Crippen molar-refractivity contribution in [2.75, 3.05) is 0 Å². The summed E-state index contributed by atoms with van der Waals surface area (Å²) >= 11 is 0. The van der Waals surface area contributed by atoms with Crippen molar-refractivity contribution in [2.24, 2.45) is 0 Å². The molecule has 0 radical (unpaired) electrons. The summed E-state index contributed by atoms with van der Waals surface area (Å²) in [5.74, 6) is 1.68. The fourth-order valence-electron chi connectivity index (χ4n) is 3.61. The average molecular weight is 361 g/mol. The quantitative estimate of drug-likeness (QED) is 0.446. The summed E-state index contributed by atoms with van der Waals surface area (Å²) < 4.78 is 2.17. The molecular weight excluding hydrogens is 342 g/mol. The van der Waals surface area contributed by atoms with Crippen LogP contribution in [-0.4, -0.2) is 14.8 Å². The van der Waals surface area contributed by atoms with E-state index in [-0.39, 0.29) is 0 Å². The molecule has 0 saturated carbocycles. The molecule has 0 N–H and O–H groups in total. The predicted molar refractivity (Wildman–Crippen MR) is 115 cm³/mol. The Morgan fingerprint density at radius 1 is 0.607 bits per heavy atom. The van der Waals surface area contributed by atoms with Crippen LogP contribution >= 0.6 is 0 Å². The summed E-state index contributed by atoms with van der Waals surface area (Å²) in [7, 11) is 0. The molecule has 1 aromatic heterocycles. The molecule has 0 spiro atoms. The number of hydrogen-bond donors (Lipinski definition) is 0. The van der Waals surface area contributed by atoms with Crippen molar-refractivity contribution in [1.29, 1.82) is 0 Å². The Morgan fingerprint density at radius 2 is 1.21 bits per heavy atom. The molecule has 1 heterocycles. The van der Waals surface area contributed by atoms with Crippen LogP contribution < -0.4 is 0 Å². The summed E-state index contributed by atoms with van der Waals surface area (Å²) in [6, 6.07) is 26.9. The molecule has 28 heavy (non-hydrogen) atoms. The van der Waals surface area contributed by atoms with E-state index in [0.717, 1.165) is 34.9 Å². The van der Waals surface area contributed by atoms with Gasteiger partial charge in [-0.05, 0) is 18.1 Å². The molecule has 3 nitrogen and oxygen atoms in total. The molecule has 0 atom stereocenters. The first-order valence-corrected chi connectivity index (χ1v) is 9.44. The first-order chi connectivity index (χ1) is 13.9. The molecule has 1 aliphatic carbocycles. The summed E-state index contributed by atoms with van der Waals surface area (Å²) in [4.78, 5) is 0. The zero-order chi connectivity index (χ0) is 18.8. The third-order valence-electron chi connectivity index (χ3n) is 4.94. The minimum absolute atomic E-state index is 0.842. The van der Waals surface area contributed by atoms with Crippen LogP contribution in [0.5, 0.6) is 0 Å². The van der Waals surface area contributed by atoms with E-state index in [4.69, 9.17) is 0 Å². The van der Waals surface area contributed by atoms with Crippen LogP contribution in [0.25, 0.3) is 40.6 Å². The van der Waals surface area contributed by atoms with E-state index >= 15 is 0 Å². The molecule has 3 heteroatoms. The summed E-state index contributed by atoms with van der Waals surface area (Å²) in [5, 5.41) is 9.16. The minimum Gasteiger partial charge on any atom is -0.274 e. The van der Waals surface area contributed by atoms with Crippen molar-refractivity contribution in [3.63, 3.8) is 0 Å². The van der Waals surface area contributed by atoms with Crippen molar-refractivity contribution in [2.45, 2.75) is 6.42 Å². The highest BCUT2D eigenvalue weighted by Crippen LogP contribution is 2.32. The van der Waals surface area contributed by atoms with Crippen LogP contribution in [0, 0.1) is 0 Å². The van der Waals surface area contributed by atoms with Crippen LogP contribution in [-0.2, 0) is 0 Å². The van der Waals surface area contributed by atoms with E-state index in [2.05, 4.69) is 81.5 Å². The molecule has 4 aromatic rings. The van der Waals surface area contributed by atoms with Gasteiger partial charge in [-0.1, -0.05) is 97.1 Å². The minimum atomic E-state index is 0.842. The number of allylic oxidation sites excluding steroid dienone is 2. The van der Waals surface area contributed by atoms with Crippen LogP contribution in [0.2, 0.25) is 0 Å². The molecule has 134 valence electrons. The third kappa shape index (κ3) is 2.87. The molecule has 0 amide bonds. The Kier molecular flexibility index (Phi) is 4.19. The molecule has 0 aliphatic heterocycles. The van der Waals surface area contributed by atoms with E-state index in [1.165, 1.54) is 11.1 Å². The van der Waals surface area contributed by atoms with Gasteiger partial charge in [0.15, 0.2) is 11.6 Å². The second-order valence-electron chi connectivity index (χ2n) is 6.74. The van der Waals surface area contributed by atoms with E-state index < -0.39 is 0 Å². The lowest BCUT2D eigenvalue weighted by Gasteiger charge is -2.15. The topological polar surface area (TPSA) is 30.7 Å².